The molecule has 0 spiro atoms. The number of H-pyrrole nitrogens is 1. The van der Waals surface area contributed by atoms with Crippen LogP contribution in [0.25, 0.3) is 16.5 Å². The molecule has 26 heavy (non-hydrogen) atoms. The Hall–Kier alpha value is -1.59. The maximum Gasteiger partial charge on any atom is 0.230 e. The minimum atomic E-state index is -0.0553. The van der Waals surface area contributed by atoms with Crippen LogP contribution in [0.4, 0.5) is 0 Å². The third-order valence-electron chi connectivity index (χ3n) is 5.99. The summed E-state index contributed by atoms with van der Waals surface area (Å²) in [5.74, 6) is 0.202. The van der Waals surface area contributed by atoms with Gasteiger partial charge in [-0.15, -0.1) is 0 Å². The second kappa shape index (κ2) is 6.86. The third kappa shape index (κ3) is 2.64. The summed E-state index contributed by atoms with van der Waals surface area (Å²) >= 11 is 3.71. The summed E-state index contributed by atoms with van der Waals surface area (Å²) in [5, 5.41) is 1.31. The van der Waals surface area contributed by atoms with Gasteiger partial charge in [0, 0.05) is 36.6 Å². The van der Waals surface area contributed by atoms with Crippen LogP contribution in [-0.4, -0.2) is 52.9 Å². The Morgan fingerprint density at radius 1 is 1.31 bits per heavy atom. The van der Waals surface area contributed by atoms with Gasteiger partial charge in [-0.25, -0.2) is 0 Å². The molecule has 0 saturated heterocycles. The molecule has 4 nitrogen and oxygen atoms in total. The summed E-state index contributed by atoms with van der Waals surface area (Å²) in [6, 6.07) is 6.81. The van der Waals surface area contributed by atoms with E-state index in [0.29, 0.717) is 6.04 Å². The van der Waals surface area contributed by atoms with E-state index in [2.05, 4.69) is 70.9 Å². The molecule has 0 bridgehead atoms. The van der Waals surface area contributed by atoms with Crippen LogP contribution in [0.1, 0.15) is 31.9 Å². The van der Waals surface area contributed by atoms with E-state index in [1.165, 1.54) is 27.6 Å². The van der Waals surface area contributed by atoms with Gasteiger partial charge in [0.05, 0.1) is 10.5 Å². The van der Waals surface area contributed by atoms with E-state index >= 15 is 0 Å². The van der Waals surface area contributed by atoms with Crippen LogP contribution in [0.3, 0.4) is 0 Å². The van der Waals surface area contributed by atoms with Crippen LogP contribution in [0.5, 0.6) is 0 Å². The minimum absolute atomic E-state index is 0.0553. The van der Waals surface area contributed by atoms with Crippen LogP contribution in [0.2, 0.25) is 0 Å². The number of aromatic nitrogens is 1. The molecule has 138 valence electrons. The van der Waals surface area contributed by atoms with Crippen molar-refractivity contribution in [3.8, 4) is 0 Å². The van der Waals surface area contributed by atoms with Gasteiger partial charge in [-0.1, -0.05) is 25.1 Å². The van der Waals surface area contributed by atoms with Gasteiger partial charge in [0.15, 0.2) is 0 Å². The average Bonchev–Trinajstić information content (AvgIpc) is 2.99. The van der Waals surface area contributed by atoms with Crippen molar-refractivity contribution in [2.75, 3.05) is 26.2 Å². The first-order valence-corrected chi connectivity index (χ1v) is 10.4. The fourth-order valence-corrected chi connectivity index (χ4v) is 5.22. The van der Waals surface area contributed by atoms with Crippen LogP contribution in [0.15, 0.2) is 28.9 Å². The molecule has 2 heterocycles. The van der Waals surface area contributed by atoms with E-state index in [4.69, 9.17) is 0 Å². The normalized spacial score (nSPS) is 22.2. The Morgan fingerprint density at radius 2 is 2.08 bits per heavy atom. The molecule has 0 saturated carbocycles. The Labute approximate surface area is 163 Å². The van der Waals surface area contributed by atoms with E-state index in [1.807, 2.05) is 4.90 Å². The largest absolute Gasteiger partial charge is 0.349 e. The highest BCUT2D eigenvalue weighted by atomic mass is 79.9. The van der Waals surface area contributed by atoms with Crippen molar-refractivity contribution < 1.29 is 4.79 Å². The lowest BCUT2D eigenvalue weighted by atomic mass is 9.79. The molecule has 2 aromatic rings. The lowest BCUT2D eigenvalue weighted by molar-refractivity contribution is -0.134. The predicted octanol–water partition coefficient (Wildman–Crippen LogP) is 4.06. The lowest BCUT2D eigenvalue weighted by Gasteiger charge is -2.42. The zero-order valence-electron chi connectivity index (χ0n) is 15.7. The van der Waals surface area contributed by atoms with Crippen molar-refractivity contribution in [3.05, 3.63) is 40.0 Å². The number of hydrogen-bond acceptors (Lipinski definition) is 2. The number of carbonyl (C=O) groups is 1. The summed E-state index contributed by atoms with van der Waals surface area (Å²) in [5.41, 5.74) is 5.15. The van der Waals surface area contributed by atoms with E-state index in [9.17, 15) is 4.79 Å². The Bertz CT molecular complexity index is 881. The maximum atomic E-state index is 13.0. The molecule has 1 N–H and O–H groups in total. The van der Waals surface area contributed by atoms with Crippen LogP contribution in [0, 0.1) is 5.92 Å². The summed E-state index contributed by atoms with van der Waals surface area (Å²) in [7, 11) is 0. The molecule has 5 heteroatoms. The molecule has 2 unspecified atom stereocenters. The van der Waals surface area contributed by atoms with Gasteiger partial charge in [-0.2, -0.15) is 0 Å². The number of nitrogens with one attached hydrogen (secondary N) is 1. The molecule has 0 radical (unpaired) electrons. The number of halogens is 1. The number of benzene rings is 1. The first-order valence-electron chi connectivity index (χ1n) is 9.62. The van der Waals surface area contributed by atoms with Crippen LogP contribution in [-0.2, 0) is 11.2 Å². The van der Waals surface area contributed by atoms with Gasteiger partial charge in [0.2, 0.25) is 5.91 Å². The lowest BCUT2D eigenvalue weighted by Crippen LogP contribution is -2.49. The van der Waals surface area contributed by atoms with Gasteiger partial charge >= 0.3 is 0 Å². The molecule has 1 amide bonds. The van der Waals surface area contributed by atoms with Gasteiger partial charge in [0.1, 0.15) is 0 Å². The van der Waals surface area contributed by atoms with Crippen molar-refractivity contribution in [3.63, 3.8) is 0 Å². The molecule has 1 aromatic carbocycles. The SMILES string of the molecule is CCN(CC)C(=O)C1C=C2c3cccc4[nH]c(Br)c(c34)CC2N(CC)C1. The number of fused-ring (bicyclic) bond motifs is 2. The molecule has 1 aliphatic heterocycles. The van der Waals surface area contributed by atoms with Crippen molar-refractivity contribution >= 4 is 38.3 Å². The average molecular weight is 416 g/mol. The minimum Gasteiger partial charge on any atom is -0.349 e. The topological polar surface area (TPSA) is 39.3 Å². The van der Waals surface area contributed by atoms with Crippen molar-refractivity contribution in [1.82, 2.24) is 14.8 Å². The van der Waals surface area contributed by atoms with Gasteiger partial charge in [-0.3, -0.25) is 9.69 Å². The Kier molecular flexibility index (Phi) is 4.70. The quantitative estimate of drug-likeness (QED) is 0.817. The third-order valence-corrected chi connectivity index (χ3v) is 6.67. The van der Waals surface area contributed by atoms with Crippen LogP contribution < -0.4 is 0 Å². The zero-order chi connectivity index (χ0) is 18.4. The highest BCUT2D eigenvalue weighted by Crippen LogP contribution is 2.43. The zero-order valence-corrected chi connectivity index (χ0v) is 17.3. The number of likely N-dealkylation sites (N-methyl/N-ethyl adjacent to an activating group) is 1. The van der Waals surface area contributed by atoms with Gasteiger partial charge < -0.3 is 9.88 Å². The fourth-order valence-electron chi connectivity index (χ4n) is 4.64. The molecule has 4 rings (SSSR count). The van der Waals surface area contributed by atoms with Crippen molar-refractivity contribution in [1.29, 1.82) is 0 Å². The number of amides is 1. The molecule has 1 aliphatic carbocycles. The van der Waals surface area contributed by atoms with E-state index < -0.39 is 0 Å². The molecule has 1 aromatic heterocycles. The second-order valence-corrected chi connectivity index (χ2v) is 7.99. The first kappa shape index (κ1) is 17.8. The number of hydrogen-bond donors (Lipinski definition) is 1. The van der Waals surface area contributed by atoms with E-state index in [-0.39, 0.29) is 11.8 Å². The molecule has 2 aliphatic rings. The van der Waals surface area contributed by atoms with Gasteiger partial charge in [0.25, 0.3) is 0 Å². The molecule has 2 atom stereocenters. The summed E-state index contributed by atoms with van der Waals surface area (Å²) < 4.78 is 1.09. The number of aromatic amines is 1. The summed E-state index contributed by atoms with van der Waals surface area (Å²) in [4.78, 5) is 20.9. The Balaban J connectivity index is 1.84. The van der Waals surface area contributed by atoms with E-state index in [0.717, 1.165) is 37.2 Å². The fraction of sp³-hybridized carbons (Fsp3) is 0.476. The summed E-state index contributed by atoms with van der Waals surface area (Å²) in [6.07, 6.45) is 3.25. The molecular formula is C21H26BrN3O. The van der Waals surface area contributed by atoms with Crippen molar-refractivity contribution in [2.24, 2.45) is 5.92 Å². The first-order chi connectivity index (χ1) is 12.6. The smallest absolute Gasteiger partial charge is 0.230 e. The highest BCUT2D eigenvalue weighted by molar-refractivity contribution is 9.10. The van der Waals surface area contributed by atoms with Gasteiger partial charge in [-0.05, 0) is 65.5 Å². The van der Waals surface area contributed by atoms with Crippen LogP contribution >= 0.6 is 15.9 Å². The van der Waals surface area contributed by atoms with E-state index in [1.54, 1.807) is 0 Å². The number of nitrogens with zero attached hydrogens (tertiary/aromatic N) is 2. The molecule has 0 fully saturated rings. The number of carbonyl (C=O) groups excluding carboxylic acids is 1. The second-order valence-electron chi connectivity index (χ2n) is 7.19. The standard InChI is InChI=1S/C21H26BrN3O/c1-4-24(5-2)21(26)13-10-15-14-8-7-9-17-19(14)16(20(22)23-17)11-18(15)25(6-3)12-13/h7-10,13,18,23H,4-6,11-12H2,1-3H3. The number of rotatable bonds is 4. The highest BCUT2D eigenvalue weighted by Gasteiger charge is 2.38. The predicted molar refractivity (Wildman–Crippen MR) is 110 cm³/mol. The Morgan fingerprint density at radius 3 is 2.77 bits per heavy atom. The summed E-state index contributed by atoms with van der Waals surface area (Å²) in [6.45, 7) is 9.63. The maximum absolute atomic E-state index is 13.0. The van der Waals surface area contributed by atoms with Crippen molar-refractivity contribution in [2.45, 2.75) is 33.2 Å². The monoisotopic (exact) mass is 415 g/mol. The molecular weight excluding hydrogens is 390 g/mol.